The molecule has 1 aromatic rings. The molecule has 1 unspecified atom stereocenters. The molecule has 6 nitrogen and oxygen atoms in total. The minimum absolute atomic E-state index is 0. The van der Waals surface area contributed by atoms with E-state index in [0.717, 1.165) is 18.4 Å². The summed E-state index contributed by atoms with van der Waals surface area (Å²) >= 11 is 0. The van der Waals surface area contributed by atoms with Gasteiger partial charge in [-0.3, -0.25) is 4.79 Å². The van der Waals surface area contributed by atoms with Crippen molar-refractivity contribution in [2.24, 2.45) is 11.5 Å². The number of nitrogens with one attached hydrogen (secondary N) is 2. The van der Waals surface area contributed by atoms with Crippen molar-refractivity contribution in [3.8, 4) is 0 Å². The number of nitrogens with two attached hydrogens (primary N) is 2. The van der Waals surface area contributed by atoms with Crippen LogP contribution in [-0.2, 0) is 4.79 Å². The van der Waals surface area contributed by atoms with Crippen LogP contribution in [0.2, 0.25) is 0 Å². The van der Waals surface area contributed by atoms with E-state index in [2.05, 4.69) is 10.6 Å². The van der Waals surface area contributed by atoms with Crippen LogP contribution in [0.1, 0.15) is 31.4 Å². The smallest absolute Gasteiger partial charge is 0.316 e. The highest BCUT2D eigenvalue weighted by molar-refractivity contribution is 5.89. The largest absolute Gasteiger partial charge is 0.351 e. The zero-order valence-corrected chi connectivity index (χ0v) is 12.0. The number of carbonyl (C=O) groups is 2. The van der Waals surface area contributed by atoms with Crippen molar-refractivity contribution < 1.29 is 9.59 Å². The summed E-state index contributed by atoms with van der Waals surface area (Å²) < 4.78 is 0. The average molecular weight is 299 g/mol. The summed E-state index contributed by atoms with van der Waals surface area (Å²) in [6, 6.07) is 6.39. The third kappa shape index (κ3) is 3.85. The number of amides is 3. The van der Waals surface area contributed by atoms with Crippen LogP contribution in [0.5, 0.6) is 0 Å². The van der Waals surface area contributed by atoms with E-state index in [1.54, 1.807) is 12.1 Å². The summed E-state index contributed by atoms with van der Waals surface area (Å²) in [4.78, 5) is 22.5. The minimum atomic E-state index is -0.665. The quantitative estimate of drug-likeness (QED) is 0.671. The first-order chi connectivity index (χ1) is 8.90. The molecule has 0 aromatic heterocycles. The Morgan fingerprint density at radius 2 is 1.80 bits per heavy atom. The molecule has 1 saturated carbocycles. The van der Waals surface area contributed by atoms with Gasteiger partial charge in [0.2, 0.25) is 5.91 Å². The molecule has 0 bridgehead atoms. The molecule has 0 radical (unpaired) electrons. The molecule has 0 saturated heterocycles. The standard InChI is InChI=1S/C13H18N4O2.ClH/c1-8(16-11(18)13(15)6-7-13)9-2-4-10(5-3-9)17-12(14)19;/h2-5,8H,6-7,15H2,1H3,(H,16,18)(H3,14,17,19);1H. The molecule has 1 atom stereocenters. The molecule has 7 heteroatoms. The summed E-state index contributed by atoms with van der Waals surface area (Å²) in [6.07, 6.45) is 1.49. The molecule has 1 aromatic carbocycles. The predicted octanol–water partition coefficient (Wildman–Crippen LogP) is 1.27. The fraction of sp³-hybridized carbons (Fsp3) is 0.385. The van der Waals surface area contributed by atoms with Gasteiger partial charge in [-0.25, -0.2) is 4.79 Å². The van der Waals surface area contributed by atoms with Gasteiger partial charge >= 0.3 is 6.03 Å². The monoisotopic (exact) mass is 298 g/mol. The van der Waals surface area contributed by atoms with Crippen molar-refractivity contribution in [3.63, 3.8) is 0 Å². The number of benzene rings is 1. The number of hydrogen-bond donors (Lipinski definition) is 4. The molecular weight excluding hydrogens is 280 g/mol. The second-order valence-electron chi connectivity index (χ2n) is 4.96. The molecular formula is C13H19ClN4O2. The Hall–Kier alpha value is -1.79. The van der Waals surface area contributed by atoms with E-state index in [0.29, 0.717) is 5.69 Å². The number of carbonyl (C=O) groups excluding carboxylic acids is 2. The van der Waals surface area contributed by atoms with Gasteiger partial charge in [0.25, 0.3) is 0 Å². The van der Waals surface area contributed by atoms with E-state index >= 15 is 0 Å². The molecule has 2 rings (SSSR count). The van der Waals surface area contributed by atoms with E-state index in [1.807, 2.05) is 19.1 Å². The summed E-state index contributed by atoms with van der Waals surface area (Å²) in [5.74, 6) is -0.112. The third-order valence-electron chi connectivity index (χ3n) is 3.27. The van der Waals surface area contributed by atoms with E-state index in [9.17, 15) is 9.59 Å². The normalized spacial score (nSPS) is 16.5. The van der Waals surface area contributed by atoms with Crippen molar-refractivity contribution >= 4 is 30.0 Å². The lowest BCUT2D eigenvalue weighted by Gasteiger charge is -2.17. The molecule has 1 aliphatic carbocycles. The van der Waals surface area contributed by atoms with E-state index in [4.69, 9.17) is 11.5 Å². The van der Waals surface area contributed by atoms with Gasteiger partial charge in [-0.2, -0.15) is 0 Å². The van der Waals surface area contributed by atoms with E-state index in [1.165, 1.54) is 0 Å². The zero-order chi connectivity index (χ0) is 14.0. The number of hydrogen-bond acceptors (Lipinski definition) is 3. The van der Waals surface area contributed by atoms with Crippen molar-refractivity contribution in [1.82, 2.24) is 5.32 Å². The Bertz CT molecular complexity index is 500. The number of primary amides is 1. The molecule has 110 valence electrons. The van der Waals surface area contributed by atoms with Gasteiger partial charge in [0, 0.05) is 5.69 Å². The molecule has 6 N–H and O–H groups in total. The summed E-state index contributed by atoms with van der Waals surface area (Å²) in [7, 11) is 0. The van der Waals surface area contributed by atoms with Gasteiger partial charge in [0.15, 0.2) is 0 Å². The Morgan fingerprint density at radius 1 is 1.25 bits per heavy atom. The maximum Gasteiger partial charge on any atom is 0.316 e. The predicted molar refractivity (Wildman–Crippen MR) is 79.6 cm³/mol. The first kappa shape index (κ1) is 16.3. The Kier molecular flexibility index (Phi) is 4.97. The van der Waals surface area contributed by atoms with Gasteiger partial charge in [0.1, 0.15) is 0 Å². The second kappa shape index (κ2) is 6.11. The minimum Gasteiger partial charge on any atom is -0.351 e. The molecule has 0 heterocycles. The lowest BCUT2D eigenvalue weighted by molar-refractivity contribution is -0.123. The Balaban J connectivity index is 0.00000200. The highest BCUT2D eigenvalue weighted by atomic mass is 35.5. The van der Waals surface area contributed by atoms with Crippen LogP contribution in [0, 0.1) is 0 Å². The first-order valence-electron chi connectivity index (χ1n) is 6.17. The lowest BCUT2D eigenvalue weighted by atomic mass is 10.1. The number of urea groups is 1. The average Bonchev–Trinajstić information content (AvgIpc) is 3.09. The Labute approximate surface area is 123 Å². The highest BCUT2D eigenvalue weighted by Gasteiger charge is 2.46. The van der Waals surface area contributed by atoms with Crippen LogP contribution in [0.4, 0.5) is 10.5 Å². The van der Waals surface area contributed by atoms with Crippen LogP contribution < -0.4 is 22.1 Å². The molecule has 1 fully saturated rings. The molecule has 0 spiro atoms. The fourth-order valence-corrected chi connectivity index (χ4v) is 1.78. The second-order valence-corrected chi connectivity index (χ2v) is 4.96. The molecule has 20 heavy (non-hydrogen) atoms. The number of halogens is 1. The summed E-state index contributed by atoms with van der Waals surface area (Å²) in [5.41, 5.74) is 11.7. The van der Waals surface area contributed by atoms with Crippen LogP contribution in [-0.4, -0.2) is 17.5 Å². The first-order valence-corrected chi connectivity index (χ1v) is 6.17. The fourth-order valence-electron chi connectivity index (χ4n) is 1.78. The lowest BCUT2D eigenvalue weighted by Crippen LogP contribution is -2.43. The summed E-state index contributed by atoms with van der Waals surface area (Å²) in [5, 5.41) is 5.36. The highest BCUT2D eigenvalue weighted by Crippen LogP contribution is 2.32. The molecule has 3 amide bonds. The van der Waals surface area contributed by atoms with Crippen LogP contribution in [0.3, 0.4) is 0 Å². The van der Waals surface area contributed by atoms with Crippen LogP contribution >= 0.6 is 12.4 Å². The number of rotatable bonds is 4. The number of anilines is 1. The van der Waals surface area contributed by atoms with Crippen molar-refractivity contribution in [3.05, 3.63) is 29.8 Å². The van der Waals surface area contributed by atoms with Crippen LogP contribution in [0.25, 0.3) is 0 Å². The van der Waals surface area contributed by atoms with Crippen molar-refractivity contribution in [2.45, 2.75) is 31.3 Å². The summed E-state index contributed by atoms with van der Waals surface area (Å²) in [6.45, 7) is 1.89. The van der Waals surface area contributed by atoms with Gasteiger partial charge in [0.05, 0.1) is 11.6 Å². The van der Waals surface area contributed by atoms with Crippen molar-refractivity contribution in [1.29, 1.82) is 0 Å². The maximum absolute atomic E-state index is 11.8. The van der Waals surface area contributed by atoms with Gasteiger partial charge < -0.3 is 22.1 Å². The van der Waals surface area contributed by atoms with E-state index < -0.39 is 11.6 Å². The van der Waals surface area contributed by atoms with Gasteiger partial charge in [-0.15, -0.1) is 12.4 Å². The molecule has 0 aliphatic heterocycles. The Morgan fingerprint density at radius 3 is 2.25 bits per heavy atom. The van der Waals surface area contributed by atoms with Gasteiger partial charge in [-0.05, 0) is 37.5 Å². The van der Waals surface area contributed by atoms with Crippen LogP contribution in [0.15, 0.2) is 24.3 Å². The SMILES string of the molecule is CC(NC(=O)C1(N)CC1)c1ccc(NC(N)=O)cc1.Cl. The van der Waals surface area contributed by atoms with Gasteiger partial charge in [-0.1, -0.05) is 12.1 Å². The van der Waals surface area contributed by atoms with Crippen molar-refractivity contribution in [2.75, 3.05) is 5.32 Å². The zero-order valence-electron chi connectivity index (χ0n) is 11.2. The topological polar surface area (TPSA) is 110 Å². The third-order valence-corrected chi connectivity index (χ3v) is 3.27. The van der Waals surface area contributed by atoms with E-state index in [-0.39, 0.29) is 24.4 Å². The molecule has 1 aliphatic rings. The maximum atomic E-state index is 11.8.